The summed E-state index contributed by atoms with van der Waals surface area (Å²) in [5.41, 5.74) is 2.76. The second-order valence-electron chi connectivity index (χ2n) is 8.38. The molecule has 2 amide bonds. The first-order chi connectivity index (χ1) is 16.6. The first-order valence-electron chi connectivity index (χ1n) is 11.3. The molecule has 0 unspecified atom stereocenters. The summed E-state index contributed by atoms with van der Waals surface area (Å²) < 4.78 is 16.2. The van der Waals surface area contributed by atoms with E-state index in [2.05, 4.69) is 0 Å². The summed E-state index contributed by atoms with van der Waals surface area (Å²) in [5, 5.41) is 0. The van der Waals surface area contributed by atoms with Crippen LogP contribution in [0.5, 0.6) is 17.2 Å². The summed E-state index contributed by atoms with van der Waals surface area (Å²) in [7, 11) is 1.60. The van der Waals surface area contributed by atoms with Crippen molar-refractivity contribution < 1.29 is 23.8 Å². The van der Waals surface area contributed by atoms with Crippen LogP contribution in [-0.4, -0.2) is 48.6 Å². The van der Waals surface area contributed by atoms with Crippen LogP contribution < -0.4 is 14.2 Å². The second kappa shape index (κ2) is 9.47. The fourth-order valence-electron chi connectivity index (χ4n) is 4.40. The Labute approximate surface area is 198 Å². The number of methoxy groups -OCH3 is 1. The number of fused-ring (bicyclic) bond motifs is 1. The average Bonchev–Trinajstić information content (AvgIpc) is 3.34. The molecule has 7 nitrogen and oxygen atoms in total. The van der Waals surface area contributed by atoms with Crippen LogP contribution in [0, 0.1) is 0 Å². The standard InChI is InChI=1S/C27H26N2O5/c1-32-22-10-8-21(9-11-22)26-27(31)28(14-13-19-5-3-2-4-6-19)17-25(30)29(26)16-20-7-12-23-24(15-20)34-18-33-23/h2-12,15,26H,13-14,16-18H2,1H3/t26-/m0/s1. The molecule has 0 N–H and O–H groups in total. The molecule has 174 valence electrons. The van der Waals surface area contributed by atoms with Gasteiger partial charge in [-0.15, -0.1) is 0 Å². The van der Waals surface area contributed by atoms with E-state index in [0.717, 1.165) is 16.7 Å². The van der Waals surface area contributed by atoms with E-state index in [-0.39, 0.29) is 25.2 Å². The van der Waals surface area contributed by atoms with Gasteiger partial charge in [-0.05, 0) is 47.4 Å². The molecule has 0 bridgehead atoms. The smallest absolute Gasteiger partial charge is 0.250 e. The zero-order valence-corrected chi connectivity index (χ0v) is 19.0. The van der Waals surface area contributed by atoms with Gasteiger partial charge in [0.25, 0.3) is 5.91 Å². The molecule has 1 saturated heterocycles. The van der Waals surface area contributed by atoms with Gasteiger partial charge in [-0.25, -0.2) is 0 Å². The maximum atomic E-state index is 13.7. The van der Waals surface area contributed by atoms with Gasteiger partial charge in [0.15, 0.2) is 11.5 Å². The highest BCUT2D eigenvalue weighted by atomic mass is 16.7. The van der Waals surface area contributed by atoms with E-state index in [4.69, 9.17) is 14.2 Å². The van der Waals surface area contributed by atoms with Crippen molar-refractivity contribution in [2.75, 3.05) is 27.0 Å². The third kappa shape index (κ3) is 4.41. The van der Waals surface area contributed by atoms with E-state index in [1.807, 2.05) is 72.8 Å². The van der Waals surface area contributed by atoms with Crippen molar-refractivity contribution in [2.45, 2.75) is 19.0 Å². The number of nitrogens with zero attached hydrogens (tertiary/aromatic N) is 2. The van der Waals surface area contributed by atoms with Crippen molar-refractivity contribution >= 4 is 11.8 Å². The number of carbonyl (C=O) groups is 2. The fourth-order valence-corrected chi connectivity index (χ4v) is 4.40. The van der Waals surface area contributed by atoms with Crippen molar-refractivity contribution in [3.05, 3.63) is 89.5 Å². The molecule has 7 heteroatoms. The zero-order valence-electron chi connectivity index (χ0n) is 19.0. The molecular weight excluding hydrogens is 432 g/mol. The summed E-state index contributed by atoms with van der Waals surface area (Å²) >= 11 is 0. The van der Waals surface area contributed by atoms with Gasteiger partial charge in [-0.3, -0.25) is 9.59 Å². The summed E-state index contributed by atoms with van der Waals surface area (Å²) in [6.45, 7) is 1.02. The highest BCUT2D eigenvalue weighted by Gasteiger charge is 2.40. The van der Waals surface area contributed by atoms with Crippen LogP contribution in [-0.2, 0) is 22.6 Å². The van der Waals surface area contributed by atoms with Gasteiger partial charge >= 0.3 is 0 Å². The van der Waals surface area contributed by atoms with Crippen molar-refractivity contribution in [2.24, 2.45) is 0 Å². The predicted octanol–water partition coefficient (Wildman–Crippen LogP) is 3.58. The van der Waals surface area contributed by atoms with Gasteiger partial charge in [-0.2, -0.15) is 0 Å². The van der Waals surface area contributed by atoms with E-state index >= 15 is 0 Å². The maximum absolute atomic E-state index is 13.7. The van der Waals surface area contributed by atoms with Crippen molar-refractivity contribution in [3.63, 3.8) is 0 Å². The number of ether oxygens (including phenoxy) is 3. The molecule has 3 aromatic carbocycles. The molecule has 3 aromatic rings. The molecule has 2 aliphatic heterocycles. The molecule has 0 saturated carbocycles. The second-order valence-corrected chi connectivity index (χ2v) is 8.38. The van der Waals surface area contributed by atoms with Gasteiger partial charge in [-0.1, -0.05) is 48.5 Å². The third-order valence-corrected chi connectivity index (χ3v) is 6.24. The first kappa shape index (κ1) is 21.8. The van der Waals surface area contributed by atoms with E-state index in [1.54, 1.807) is 16.9 Å². The van der Waals surface area contributed by atoms with Crippen LogP contribution in [0.2, 0.25) is 0 Å². The molecule has 2 heterocycles. The monoisotopic (exact) mass is 458 g/mol. The Morgan fingerprint density at radius 2 is 1.68 bits per heavy atom. The molecule has 0 aromatic heterocycles. The minimum absolute atomic E-state index is 0.0584. The van der Waals surface area contributed by atoms with Crippen LogP contribution in [0.25, 0.3) is 0 Å². The first-order valence-corrected chi connectivity index (χ1v) is 11.3. The minimum atomic E-state index is -0.714. The van der Waals surface area contributed by atoms with Crippen molar-refractivity contribution in [1.29, 1.82) is 0 Å². The van der Waals surface area contributed by atoms with E-state index < -0.39 is 6.04 Å². The predicted molar refractivity (Wildman–Crippen MR) is 126 cm³/mol. The Bertz CT molecular complexity index is 1180. The van der Waals surface area contributed by atoms with Gasteiger partial charge in [0.1, 0.15) is 11.8 Å². The number of amides is 2. The highest BCUT2D eigenvalue weighted by Crippen LogP contribution is 2.35. The van der Waals surface area contributed by atoms with E-state index in [9.17, 15) is 9.59 Å². The lowest BCUT2D eigenvalue weighted by molar-refractivity contribution is -0.157. The van der Waals surface area contributed by atoms with Crippen molar-refractivity contribution in [1.82, 2.24) is 9.80 Å². The topological polar surface area (TPSA) is 68.3 Å². The average molecular weight is 459 g/mol. The molecule has 1 atom stereocenters. The maximum Gasteiger partial charge on any atom is 0.250 e. The molecule has 0 spiro atoms. The Morgan fingerprint density at radius 1 is 0.912 bits per heavy atom. The van der Waals surface area contributed by atoms with Crippen molar-refractivity contribution in [3.8, 4) is 17.2 Å². The quantitative estimate of drug-likeness (QED) is 0.542. The summed E-state index contributed by atoms with van der Waals surface area (Å²) in [6, 6.07) is 22.2. The fraction of sp³-hybridized carbons (Fsp3) is 0.259. The molecular formula is C27H26N2O5. The van der Waals surface area contributed by atoms with E-state index in [1.165, 1.54) is 0 Å². The molecule has 2 aliphatic rings. The SMILES string of the molecule is COc1ccc([C@H]2C(=O)N(CCc3ccccc3)CC(=O)N2Cc2ccc3c(c2)OCO3)cc1. The summed E-state index contributed by atoms with van der Waals surface area (Å²) in [5.74, 6) is 1.86. The Kier molecular flexibility index (Phi) is 6.08. The molecule has 0 radical (unpaired) electrons. The van der Waals surface area contributed by atoms with Crippen LogP contribution in [0.3, 0.4) is 0 Å². The third-order valence-electron chi connectivity index (χ3n) is 6.24. The van der Waals surface area contributed by atoms with Crippen LogP contribution >= 0.6 is 0 Å². The molecule has 0 aliphatic carbocycles. The largest absolute Gasteiger partial charge is 0.497 e. The van der Waals surface area contributed by atoms with Gasteiger partial charge < -0.3 is 24.0 Å². The Morgan fingerprint density at radius 3 is 2.44 bits per heavy atom. The molecule has 5 rings (SSSR count). The van der Waals surface area contributed by atoms with E-state index in [0.29, 0.717) is 36.8 Å². The van der Waals surface area contributed by atoms with Gasteiger partial charge in [0, 0.05) is 13.1 Å². The number of rotatable bonds is 7. The zero-order chi connectivity index (χ0) is 23.5. The highest BCUT2D eigenvalue weighted by molar-refractivity contribution is 5.95. The van der Waals surface area contributed by atoms with Gasteiger partial charge in [0.2, 0.25) is 12.7 Å². The number of carbonyl (C=O) groups excluding carboxylic acids is 2. The van der Waals surface area contributed by atoms with Crippen LogP contribution in [0.15, 0.2) is 72.8 Å². The number of piperazine rings is 1. The van der Waals surface area contributed by atoms with Crippen LogP contribution in [0.1, 0.15) is 22.7 Å². The minimum Gasteiger partial charge on any atom is -0.497 e. The lowest BCUT2D eigenvalue weighted by Crippen LogP contribution is -2.55. The Hall–Kier alpha value is -4.00. The molecule has 1 fully saturated rings. The lowest BCUT2D eigenvalue weighted by Gasteiger charge is -2.40. The number of hydrogen-bond donors (Lipinski definition) is 0. The lowest BCUT2D eigenvalue weighted by atomic mass is 9.99. The normalized spacial score (nSPS) is 17.3. The number of benzene rings is 3. The molecule has 34 heavy (non-hydrogen) atoms. The summed E-state index contributed by atoms with van der Waals surface area (Å²) in [6.07, 6.45) is 0.692. The summed E-state index contributed by atoms with van der Waals surface area (Å²) in [4.78, 5) is 30.4. The van der Waals surface area contributed by atoms with Gasteiger partial charge in [0.05, 0.1) is 13.7 Å². The van der Waals surface area contributed by atoms with Crippen LogP contribution in [0.4, 0.5) is 0 Å². The Balaban J connectivity index is 1.42. The number of hydrogen-bond acceptors (Lipinski definition) is 5.